The topological polar surface area (TPSA) is 43.8 Å². The van der Waals surface area contributed by atoms with Crippen LogP contribution in [0.5, 0.6) is 0 Å². The fourth-order valence-electron chi connectivity index (χ4n) is 1.55. The molecule has 15 heavy (non-hydrogen) atoms. The lowest BCUT2D eigenvalue weighted by Crippen LogP contribution is -2.44. The Labute approximate surface area is 96.8 Å². The molecule has 0 saturated carbocycles. The highest BCUT2D eigenvalue weighted by Gasteiger charge is 2.20. The first-order valence-corrected chi connectivity index (χ1v) is 5.57. The van der Waals surface area contributed by atoms with Gasteiger partial charge in [0.15, 0.2) is 0 Å². The first-order chi connectivity index (χ1) is 6.88. The molecule has 1 N–H and O–H groups in total. The molecule has 0 saturated heterocycles. The summed E-state index contributed by atoms with van der Waals surface area (Å²) in [5, 5.41) is 7.90. The summed E-state index contributed by atoms with van der Waals surface area (Å²) in [7, 11) is 4.00. The summed E-state index contributed by atoms with van der Waals surface area (Å²) < 4.78 is 0. The number of carboxylic acids is 1. The summed E-state index contributed by atoms with van der Waals surface area (Å²) >= 11 is 5.72. The van der Waals surface area contributed by atoms with E-state index in [0.717, 1.165) is 13.1 Å². The summed E-state index contributed by atoms with van der Waals surface area (Å²) in [5.41, 5.74) is 0. The van der Waals surface area contributed by atoms with Crippen LogP contribution in [-0.4, -0.2) is 66.0 Å². The average molecular weight is 237 g/mol. The molecule has 0 bridgehead atoms. The molecule has 0 aliphatic carbocycles. The minimum absolute atomic E-state index is 0.311. The first-order valence-electron chi connectivity index (χ1n) is 5.14. The molecular formula is C10H21ClN2O2. The molecule has 0 aromatic heterocycles. The predicted molar refractivity (Wildman–Crippen MR) is 62.5 cm³/mol. The zero-order valence-corrected chi connectivity index (χ0v) is 10.7. The lowest BCUT2D eigenvalue weighted by atomic mass is 10.2. The van der Waals surface area contributed by atoms with Crippen LogP contribution in [0.4, 0.5) is 0 Å². The van der Waals surface area contributed by atoms with E-state index in [4.69, 9.17) is 16.7 Å². The van der Waals surface area contributed by atoms with Crippen molar-refractivity contribution in [3.8, 4) is 0 Å². The maximum Gasteiger partial charge on any atom is 0.322 e. The van der Waals surface area contributed by atoms with Crippen LogP contribution in [-0.2, 0) is 4.79 Å². The number of carboxylic acid groups (broad SMARTS) is 1. The van der Waals surface area contributed by atoms with Crippen molar-refractivity contribution in [3.05, 3.63) is 0 Å². The molecule has 0 aliphatic heterocycles. The lowest BCUT2D eigenvalue weighted by Gasteiger charge is -2.30. The summed E-state index contributed by atoms with van der Waals surface area (Å²) in [5.74, 6) is -0.952. The fraction of sp³-hybridized carbons (Fsp3) is 0.900. The zero-order valence-electron chi connectivity index (χ0n) is 9.90. The first kappa shape index (κ1) is 14.7. The molecule has 90 valence electrons. The van der Waals surface area contributed by atoms with E-state index in [1.54, 1.807) is 0 Å². The van der Waals surface area contributed by atoms with Gasteiger partial charge in [-0.1, -0.05) is 6.92 Å². The largest absolute Gasteiger partial charge is 0.480 e. The van der Waals surface area contributed by atoms with Crippen LogP contribution in [0.15, 0.2) is 0 Å². The number of aliphatic carboxylic acids is 1. The number of alkyl halides is 1. The lowest BCUT2D eigenvalue weighted by molar-refractivity contribution is -0.137. The van der Waals surface area contributed by atoms with E-state index in [0.29, 0.717) is 12.6 Å². The number of nitrogens with zero attached hydrogens (tertiary/aromatic N) is 2. The molecule has 0 fully saturated rings. The minimum atomic E-state index is -0.952. The van der Waals surface area contributed by atoms with Gasteiger partial charge in [0.25, 0.3) is 0 Å². The van der Waals surface area contributed by atoms with Gasteiger partial charge < -0.3 is 10.0 Å². The van der Waals surface area contributed by atoms with Crippen LogP contribution in [0.3, 0.4) is 0 Å². The maximum atomic E-state index is 10.6. The van der Waals surface area contributed by atoms with Gasteiger partial charge in [-0.25, -0.2) is 0 Å². The summed E-state index contributed by atoms with van der Waals surface area (Å²) in [6.07, 6.45) is 0. The van der Waals surface area contributed by atoms with Gasteiger partial charge >= 0.3 is 5.97 Å². The predicted octanol–water partition coefficient (Wildman–Crippen LogP) is 0.950. The molecule has 0 spiro atoms. The third-order valence-electron chi connectivity index (χ3n) is 2.32. The Balaban J connectivity index is 4.17. The second-order valence-corrected chi connectivity index (χ2v) is 4.53. The van der Waals surface area contributed by atoms with Crippen LogP contribution < -0.4 is 0 Å². The van der Waals surface area contributed by atoms with Crippen molar-refractivity contribution in [1.82, 2.24) is 9.80 Å². The van der Waals surface area contributed by atoms with Crippen molar-refractivity contribution in [2.45, 2.75) is 25.3 Å². The Hall–Kier alpha value is -0.320. The molecule has 5 heteroatoms. The molecule has 0 aromatic carbocycles. The zero-order chi connectivity index (χ0) is 12.0. The van der Waals surface area contributed by atoms with Gasteiger partial charge in [-0.15, -0.1) is 11.6 Å². The quantitative estimate of drug-likeness (QED) is 0.669. The SMILES string of the molecule is CCN(CC(Cl)C(=O)O)C(C)CN(C)C. The molecule has 2 unspecified atom stereocenters. The standard InChI is InChI=1S/C10H21ClN2O2/c1-5-13(7-9(11)10(14)15)8(2)6-12(3)4/h8-9H,5-7H2,1-4H3,(H,14,15). The minimum Gasteiger partial charge on any atom is -0.480 e. The van der Waals surface area contributed by atoms with E-state index in [2.05, 4.69) is 16.7 Å². The highest BCUT2D eigenvalue weighted by Crippen LogP contribution is 2.05. The van der Waals surface area contributed by atoms with Crippen LogP contribution in [0.25, 0.3) is 0 Å². The van der Waals surface area contributed by atoms with E-state index in [1.807, 2.05) is 21.0 Å². The molecular weight excluding hydrogens is 216 g/mol. The number of rotatable bonds is 7. The Morgan fingerprint density at radius 2 is 1.93 bits per heavy atom. The average Bonchev–Trinajstić information content (AvgIpc) is 2.11. The Kier molecular flexibility index (Phi) is 6.89. The Bertz CT molecular complexity index is 200. The Morgan fingerprint density at radius 3 is 2.27 bits per heavy atom. The van der Waals surface area contributed by atoms with Crippen LogP contribution in [0, 0.1) is 0 Å². The van der Waals surface area contributed by atoms with Crippen molar-refractivity contribution < 1.29 is 9.90 Å². The van der Waals surface area contributed by atoms with E-state index in [-0.39, 0.29) is 0 Å². The second kappa shape index (κ2) is 7.04. The Morgan fingerprint density at radius 1 is 1.40 bits per heavy atom. The van der Waals surface area contributed by atoms with Crippen molar-refractivity contribution in [2.24, 2.45) is 0 Å². The molecule has 0 aliphatic rings. The van der Waals surface area contributed by atoms with Gasteiger partial charge in [0.05, 0.1) is 0 Å². The highest BCUT2D eigenvalue weighted by molar-refractivity contribution is 6.29. The number of halogens is 1. The molecule has 0 aromatic rings. The summed E-state index contributed by atoms with van der Waals surface area (Å²) in [4.78, 5) is 14.8. The van der Waals surface area contributed by atoms with E-state index in [9.17, 15) is 4.79 Å². The molecule has 0 rings (SSSR count). The van der Waals surface area contributed by atoms with Gasteiger partial charge in [-0.05, 0) is 27.6 Å². The fourth-order valence-corrected chi connectivity index (χ4v) is 1.73. The number of hydrogen-bond donors (Lipinski definition) is 1. The van der Waals surface area contributed by atoms with Crippen molar-refractivity contribution in [2.75, 3.05) is 33.7 Å². The smallest absolute Gasteiger partial charge is 0.322 e. The van der Waals surface area contributed by atoms with Gasteiger partial charge in [0.1, 0.15) is 5.38 Å². The van der Waals surface area contributed by atoms with E-state index >= 15 is 0 Å². The van der Waals surface area contributed by atoms with Gasteiger partial charge in [0.2, 0.25) is 0 Å². The second-order valence-electron chi connectivity index (χ2n) is 4.00. The number of hydrogen-bond acceptors (Lipinski definition) is 3. The molecule has 2 atom stereocenters. The summed E-state index contributed by atoms with van der Waals surface area (Å²) in [6, 6.07) is 0.311. The number of likely N-dealkylation sites (N-methyl/N-ethyl adjacent to an activating group) is 2. The van der Waals surface area contributed by atoms with Gasteiger partial charge in [-0.2, -0.15) is 0 Å². The third-order valence-corrected chi connectivity index (χ3v) is 2.65. The summed E-state index contributed by atoms with van der Waals surface area (Å²) in [6.45, 7) is 6.19. The van der Waals surface area contributed by atoms with Crippen LogP contribution in [0.2, 0.25) is 0 Å². The molecule has 0 amide bonds. The van der Waals surface area contributed by atoms with Gasteiger partial charge in [0, 0.05) is 19.1 Å². The van der Waals surface area contributed by atoms with Crippen molar-refractivity contribution in [1.29, 1.82) is 0 Å². The van der Waals surface area contributed by atoms with Crippen LogP contribution >= 0.6 is 11.6 Å². The monoisotopic (exact) mass is 236 g/mol. The van der Waals surface area contributed by atoms with Crippen molar-refractivity contribution >= 4 is 17.6 Å². The van der Waals surface area contributed by atoms with Crippen molar-refractivity contribution in [3.63, 3.8) is 0 Å². The highest BCUT2D eigenvalue weighted by atomic mass is 35.5. The number of carbonyl (C=O) groups is 1. The van der Waals surface area contributed by atoms with Gasteiger partial charge in [-0.3, -0.25) is 9.69 Å². The van der Waals surface area contributed by atoms with E-state index in [1.165, 1.54) is 0 Å². The van der Waals surface area contributed by atoms with Crippen LogP contribution in [0.1, 0.15) is 13.8 Å². The third kappa shape index (κ3) is 5.97. The molecule has 0 heterocycles. The molecule has 4 nitrogen and oxygen atoms in total. The molecule has 0 radical (unpaired) electrons. The normalized spacial score (nSPS) is 15.7. The van der Waals surface area contributed by atoms with E-state index < -0.39 is 11.3 Å². The maximum absolute atomic E-state index is 10.6.